The molecule has 1 saturated heterocycles. The summed E-state index contributed by atoms with van der Waals surface area (Å²) in [5.41, 5.74) is 1.69. The molecule has 2 aromatic heterocycles. The molecule has 2 atom stereocenters. The van der Waals surface area contributed by atoms with Crippen LogP contribution >= 0.6 is 0 Å². The summed E-state index contributed by atoms with van der Waals surface area (Å²) in [5, 5.41) is 6.95. The van der Waals surface area contributed by atoms with Gasteiger partial charge in [-0.25, -0.2) is 18.6 Å². The highest BCUT2D eigenvalue weighted by Gasteiger charge is 2.35. The highest BCUT2D eigenvalue weighted by atomic mass is 19.2. The highest BCUT2D eigenvalue weighted by Crippen LogP contribution is 2.20. The Morgan fingerprint density at radius 2 is 1.96 bits per heavy atom. The number of hydrogen-bond donors (Lipinski definition) is 1. The zero-order valence-electron chi connectivity index (χ0n) is 12.8. The molecule has 0 aromatic carbocycles. The Morgan fingerprint density at radius 3 is 2.61 bits per heavy atom. The van der Waals surface area contributed by atoms with Gasteiger partial charge in [0, 0.05) is 12.3 Å². The molecule has 1 aliphatic heterocycles. The van der Waals surface area contributed by atoms with E-state index in [0.717, 1.165) is 10.5 Å². The summed E-state index contributed by atoms with van der Waals surface area (Å²) in [6.07, 6.45) is -1.62. The van der Waals surface area contributed by atoms with Crippen molar-refractivity contribution >= 4 is 11.8 Å². The van der Waals surface area contributed by atoms with Crippen molar-refractivity contribution in [2.75, 3.05) is 18.4 Å². The Bertz CT molecular complexity index is 722. The number of hydrogen-bond acceptors (Lipinski definition) is 3. The number of rotatable bonds is 2. The van der Waals surface area contributed by atoms with Crippen LogP contribution in [0.3, 0.4) is 0 Å². The first-order chi connectivity index (χ1) is 10.9. The molecule has 1 fully saturated rings. The second-order valence-electron chi connectivity index (χ2n) is 5.64. The van der Waals surface area contributed by atoms with Crippen LogP contribution in [0.25, 0.3) is 5.82 Å². The van der Waals surface area contributed by atoms with Crippen molar-refractivity contribution in [1.29, 1.82) is 0 Å². The topological polar surface area (TPSA) is 63.1 Å². The van der Waals surface area contributed by atoms with Crippen LogP contribution in [0.4, 0.5) is 19.4 Å². The smallest absolute Gasteiger partial charge is 0.318 e. The molecule has 8 heteroatoms. The molecule has 0 aliphatic carbocycles. The summed E-state index contributed by atoms with van der Waals surface area (Å²) in [5.74, 6) is 0.963. The summed E-state index contributed by atoms with van der Waals surface area (Å²) in [6.45, 7) is 3.21. The van der Waals surface area contributed by atoms with Gasteiger partial charge < -0.3 is 4.90 Å². The SMILES string of the molecule is Cc1ccnc(-n2nc(C)cc2NC(=O)N2C[C@@H](F)[C@@H](F)C2)c1. The van der Waals surface area contributed by atoms with Crippen molar-refractivity contribution < 1.29 is 13.6 Å². The minimum atomic E-state index is -1.63. The van der Waals surface area contributed by atoms with E-state index in [9.17, 15) is 13.6 Å². The molecule has 122 valence electrons. The van der Waals surface area contributed by atoms with Crippen LogP contribution in [0.15, 0.2) is 24.4 Å². The van der Waals surface area contributed by atoms with Crippen LogP contribution < -0.4 is 5.32 Å². The van der Waals surface area contributed by atoms with Gasteiger partial charge in [0.25, 0.3) is 0 Å². The highest BCUT2D eigenvalue weighted by molar-refractivity contribution is 5.89. The second-order valence-corrected chi connectivity index (χ2v) is 5.64. The lowest BCUT2D eigenvalue weighted by molar-refractivity contribution is 0.217. The summed E-state index contributed by atoms with van der Waals surface area (Å²) in [6, 6.07) is 4.80. The first kappa shape index (κ1) is 15.4. The van der Waals surface area contributed by atoms with E-state index in [-0.39, 0.29) is 13.1 Å². The number of likely N-dealkylation sites (tertiary alicyclic amines) is 1. The molecule has 0 radical (unpaired) electrons. The van der Waals surface area contributed by atoms with Crippen molar-refractivity contribution in [2.45, 2.75) is 26.2 Å². The zero-order chi connectivity index (χ0) is 16.6. The molecule has 0 bridgehead atoms. The standard InChI is InChI=1S/C15H17F2N5O/c1-9-3-4-18-13(5-9)22-14(6-10(2)20-22)19-15(23)21-7-11(16)12(17)8-21/h3-6,11-12H,7-8H2,1-2H3,(H,19,23)/t11-,12+. The first-order valence-electron chi connectivity index (χ1n) is 7.28. The number of aromatic nitrogens is 3. The van der Waals surface area contributed by atoms with Gasteiger partial charge in [-0.15, -0.1) is 0 Å². The summed E-state index contributed by atoms with van der Waals surface area (Å²) in [7, 11) is 0. The number of carbonyl (C=O) groups excluding carboxylic acids is 1. The Labute approximate surface area is 132 Å². The molecular formula is C15H17F2N5O. The van der Waals surface area contributed by atoms with Gasteiger partial charge in [-0.3, -0.25) is 5.32 Å². The Kier molecular flexibility index (Phi) is 3.97. The molecule has 1 N–H and O–H groups in total. The third kappa shape index (κ3) is 3.15. The molecular weight excluding hydrogens is 304 g/mol. The number of nitrogens with zero attached hydrogens (tertiary/aromatic N) is 4. The van der Waals surface area contributed by atoms with Crippen molar-refractivity contribution in [1.82, 2.24) is 19.7 Å². The van der Waals surface area contributed by atoms with E-state index in [0.29, 0.717) is 17.3 Å². The Balaban J connectivity index is 1.82. The van der Waals surface area contributed by atoms with Crippen molar-refractivity contribution in [3.63, 3.8) is 0 Å². The normalized spacial score (nSPS) is 20.8. The predicted molar refractivity (Wildman–Crippen MR) is 81.2 cm³/mol. The summed E-state index contributed by atoms with van der Waals surface area (Å²) in [4.78, 5) is 17.5. The first-order valence-corrected chi connectivity index (χ1v) is 7.28. The number of amides is 2. The molecule has 0 unspecified atom stereocenters. The maximum absolute atomic E-state index is 13.2. The Hall–Kier alpha value is -2.51. The molecule has 2 aromatic rings. The third-order valence-electron chi connectivity index (χ3n) is 3.65. The molecule has 0 spiro atoms. The van der Waals surface area contributed by atoms with Gasteiger partial charge in [-0.2, -0.15) is 9.78 Å². The van der Waals surface area contributed by atoms with Gasteiger partial charge >= 0.3 is 6.03 Å². The molecule has 0 saturated carbocycles. The van der Waals surface area contributed by atoms with Crippen LogP contribution in [-0.4, -0.2) is 51.1 Å². The van der Waals surface area contributed by atoms with Crippen LogP contribution in [0.5, 0.6) is 0 Å². The molecule has 3 heterocycles. The maximum atomic E-state index is 13.2. The van der Waals surface area contributed by atoms with Gasteiger partial charge in [0.1, 0.15) is 5.82 Å². The van der Waals surface area contributed by atoms with Crippen molar-refractivity contribution in [3.05, 3.63) is 35.7 Å². The number of alkyl halides is 2. The van der Waals surface area contributed by atoms with Crippen LogP contribution in [0, 0.1) is 13.8 Å². The quantitative estimate of drug-likeness (QED) is 0.924. The number of pyridine rings is 1. The number of carbonyl (C=O) groups is 1. The van der Waals surface area contributed by atoms with Gasteiger partial charge in [0.2, 0.25) is 0 Å². The van der Waals surface area contributed by atoms with Crippen molar-refractivity contribution in [3.8, 4) is 5.82 Å². The van der Waals surface area contributed by atoms with Gasteiger partial charge in [0.15, 0.2) is 18.2 Å². The van der Waals surface area contributed by atoms with E-state index in [1.807, 2.05) is 19.1 Å². The molecule has 6 nitrogen and oxygen atoms in total. The molecule has 23 heavy (non-hydrogen) atoms. The van der Waals surface area contributed by atoms with Crippen LogP contribution in [-0.2, 0) is 0 Å². The minimum absolute atomic E-state index is 0.247. The predicted octanol–water partition coefficient (Wildman–Crippen LogP) is 2.41. The fourth-order valence-corrected chi connectivity index (χ4v) is 2.48. The van der Waals surface area contributed by atoms with E-state index in [4.69, 9.17) is 0 Å². The van der Waals surface area contributed by atoms with Crippen molar-refractivity contribution in [2.24, 2.45) is 0 Å². The number of nitrogens with one attached hydrogen (secondary N) is 1. The number of halogens is 2. The van der Waals surface area contributed by atoms with Gasteiger partial charge in [0.05, 0.1) is 18.8 Å². The average molecular weight is 321 g/mol. The van der Waals surface area contributed by atoms with E-state index in [1.165, 1.54) is 4.68 Å². The molecule has 1 aliphatic rings. The molecule has 3 rings (SSSR count). The lowest BCUT2D eigenvalue weighted by atomic mass is 10.3. The lowest BCUT2D eigenvalue weighted by Gasteiger charge is -2.16. The summed E-state index contributed by atoms with van der Waals surface area (Å²) >= 11 is 0. The van der Waals surface area contributed by atoms with Gasteiger partial charge in [-0.05, 0) is 31.5 Å². The van der Waals surface area contributed by atoms with E-state index < -0.39 is 18.4 Å². The second kappa shape index (κ2) is 5.94. The average Bonchev–Trinajstić information content (AvgIpc) is 3.02. The third-order valence-corrected chi connectivity index (χ3v) is 3.65. The van der Waals surface area contributed by atoms with E-state index in [2.05, 4.69) is 15.4 Å². The summed E-state index contributed by atoms with van der Waals surface area (Å²) < 4.78 is 28.0. The van der Waals surface area contributed by atoms with Gasteiger partial charge in [-0.1, -0.05) is 0 Å². The van der Waals surface area contributed by atoms with E-state index in [1.54, 1.807) is 19.2 Å². The fraction of sp³-hybridized carbons (Fsp3) is 0.400. The maximum Gasteiger partial charge on any atom is 0.323 e. The zero-order valence-corrected chi connectivity index (χ0v) is 12.8. The number of urea groups is 1. The fourth-order valence-electron chi connectivity index (χ4n) is 2.48. The Morgan fingerprint density at radius 1 is 1.26 bits per heavy atom. The minimum Gasteiger partial charge on any atom is -0.318 e. The van der Waals surface area contributed by atoms with E-state index >= 15 is 0 Å². The van der Waals surface area contributed by atoms with Crippen LogP contribution in [0.2, 0.25) is 0 Å². The molecule has 2 amide bonds. The number of anilines is 1. The lowest BCUT2D eigenvalue weighted by Crippen LogP contribution is -2.34. The van der Waals surface area contributed by atoms with Crippen LogP contribution in [0.1, 0.15) is 11.3 Å². The monoisotopic (exact) mass is 321 g/mol. The number of aryl methyl sites for hydroxylation is 2. The largest absolute Gasteiger partial charge is 0.323 e.